The number of carboxylic acids is 2. The van der Waals surface area contributed by atoms with Gasteiger partial charge >= 0.3 is 69.8 Å². The van der Waals surface area contributed by atoms with Crippen molar-refractivity contribution in [3.05, 3.63) is 12.7 Å². The number of hydrogen-bond acceptors (Lipinski definition) is 33. The SMILES string of the molecule is C=CC(=O)OCCCO.CC(=O)N[C@@H]1[C@@H](O)[C@H](O[C@@H]2O[C@H](C(=O)O)[C@@H](O[C@@H]3O[C@H](CO)[C@@H](O[C@H]4O[C@@H](C(=O)O)[C@H](O)[C@@H](O)[C@@H]4OS(=O)(=O)O)[C@H](OS(=O)(=O)O)[C@H]3NS(=O)(=O)O)[C@H](O)[C@H]2OS(=O)(=O)O)[C@H](COS(=O)(=O)O)O[C@H]1O. The van der Waals surface area contributed by atoms with Crippen molar-refractivity contribution in [3.8, 4) is 0 Å². The van der Waals surface area contributed by atoms with E-state index >= 15 is 0 Å². The van der Waals surface area contributed by atoms with Crippen LogP contribution in [0.25, 0.3) is 0 Å². The summed E-state index contributed by atoms with van der Waals surface area (Å²) in [4.78, 5) is 46.7. The Bertz CT molecular complexity index is 2680. The van der Waals surface area contributed by atoms with E-state index in [0.717, 1.165) is 13.0 Å². The Morgan fingerprint density at radius 1 is 0.570 bits per heavy atom. The zero-order valence-corrected chi connectivity index (χ0v) is 43.4. The molecule has 79 heavy (non-hydrogen) atoms. The van der Waals surface area contributed by atoms with E-state index in [2.05, 4.69) is 28.0 Å². The second-order valence-electron chi connectivity index (χ2n) is 16.1. The van der Waals surface area contributed by atoms with Crippen LogP contribution in [-0.2, 0) is 126 Å². The Labute approximate surface area is 444 Å². The molecule has 4 fully saturated rings. The Hall–Kier alpha value is -3.59. The van der Waals surface area contributed by atoms with Gasteiger partial charge in [-0.25, -0.2) is 31.1 Å². The maximum atomic E-state index is 12.7. The van der Waals surface area contributed by atoms with Gasteiger partial charge in [0.05, 0.1) is 19.8 Å². The van der Waals surface area contributed by atoms with Gasteiger partial charge in [0.25, 0.3) is 0 Å². The van der Waals surface area contributed by atoms with E-state index in [1.807, 2.05) is 5.32 Å². The molecule has 4 rings (SSSR count). The lowest BCUT2D eigenvalue weighted by Gasteiger charge is -2.50. The van der Waals surface area contributed by atoms with Crippen molar-refractivity contribution in [2.75, 3.05) is 26.4 Å². The van der Waals surface area contributed by atoms with Crippen LogP contribution in [0, 0.1) is 0 Å². The number of carbonyl (C=O) groups excluding carboxylic acids is 2. The summed E-state index contributed by atoms with van der Waals surface area (Å²) >= 11 is 0. The first-order valence-electron chi connectivity index (χ1n) is 21.2. The Morgan fingerprint density at radius 3 is 1.52 bits per heavy atom. The standard InChI is InChI=1S/C26H42N2O37S5.C6H10O3/c1-4(30)27-7-9(31)13(6(56-23(7)39)3-55-67(43,44)45)58-26-19(65-70(52,53)54)12(34)16(20(62-26)22(37)38)60-24-8(28-66(40,41)42)15(63-68(46,47)48)14(5(2-29)57-24)59-25-18(64-69(49,50)51)11(33)10(32)17(61-25)21(35)36;1-2-6(8)9-5-3-4-7/h5-20,23-26,28-29,31-34,39H,2-3H2,1H3,(H,27,30)(H,35,36)(H,37,38)(H,40,41,42)(H,43,44,45)(H,46,47,48)(H,49,50,51)(H,52,53,54);2,7H,1,3-5H2/t5-,6+,7-,8-,9-,10-,11-,12+,13-,14-,15-,16+,17-,18+,19-,20+,23-,24+,25+,26-;/m1./s1. The zero-order valence-electron chi connectivity index (χ0n) is 39.3. The molecular weight excluding hydrogens is 1210 g/mol. The van der Waals surface area contributed by atoms with Crippen molar-refractivity contribution >= 4 is 75.7 Å². The number of carboxylic acid groups (broad SMARTS) is 2. The van der Waals surface area contributed by atoms with Gasteiger partial charge in [0, 0.05) is 26.0 Å². The molecule has 0 bridgehead atoms. The molecule has 16 N–H and O–H groups in total. The van der Waals surface area contributed by atoms with Gasteiger partial charge in [-0.05, 0) is 0 Å². The number of aliphatic carboxylic acids is 2. The fraction of sp³-hybridized carbons (Fsp3) is 0.812. The van der Waals surface area contributed by atoms with Gasteiger partial charge in [-0.2, -0.15) is 46.8 Å². The molecule has 0 radical (unpaired) electrons. The van der Waals surface area contributed by atoms with E-state index in [1.54, 1.807) is 0 Å². The minimum Gasteiger partial charge on any atom is -0.479 e. The Morgan fingerprint density at radius 2 is 1.06 bits per heavy atom. The number of rotatable bonds is 25. The summed E-state index contributed by atoms with van der Waals surface area (Å²) in [6, 6.07) is -4.96. The summed E-state index contributed by atoms with van der Waals surface area (Å²) in [5.74, 6) is -5.93. The van der Waals surface area contributed by atoms with Gasteiger partial charge in [0.2, 0.25) is 5.91 Å². The molecule has 460 valence electrons. The van der Waals surface area contributed by atoms with Crippen molar-refractivity contribution in [3.63, 3.8) is 0 Å². The highest BCUT2D eigenvalue weighted by atomic mass is 32.3. The summed E-state index contributed by atoms with van der Waals surface area (Å²) in [7, 11) is -29.1. The maximum Gasteiger partial charge on any atom is 0.397 e. The van der Waals surface area contributed by atoms with Crippen molar-refractivity contribution in [2.24, 2.45) is 0 Å². The summed E-state index contributed by atoms with van der Waals surface area (Å²) < 4.78 is 227. The average Bonchev–Trinajstić information content (AvgIpc) is 3.29. The van der Waals surface area contributed by atoms with Gasteiger partial charge in [0.1, 0.15) is 73.1 Å². The molecule has 4 heterocycles. The fourth-order valence-corrected chi connectivity index (χ4v) is 9.72. The van der Waals surface area contributed by atoms with E-state index in [0.29, 0.717) is 6.42 Å². The number of ether oxygens (including phenoxy) is 8. The third kappa shape index (κ3) is 21.3. The number of carbonyl (C=O) groups is 4. The maximum absolute atomic E-state index is 12.7. The molecule has 0 aromatic heterocycles. The molecule has 0 saturated carbocycles. The van der Waals surface area contributed by atoms with Crippen LogP contribution in [0.2, 0.25) is 0 Å². The van der Waals surface area contributed by atoms with Gasteiger partial charge in [-0.15, -0.1) is 0 Å². The molecule has 4 aliphatic rings. The number of aliphatic hydroxyl groups excluding tert-OH is 7. The van der Waals surface area contributed by atoms with Crippen LogP contribution in [0.1, 0.15) is 13.3 Å². The monoisotopic (exact) mass is 1260 g/mol. The predicted octanol–water partition coefficient (Wildman–Crippen LogP) is -10.6. The molecule has 42 nitrogen and oxygen atoms in total. The lowest BCUT2D eigenvalue weighted by atomic mass is 9.94. The Kier molecular flexibility index (Phi) is 25.2. The summed E-state index contributed by atoms with van der Waals surface area (Å²) in [5.41, 5.74) is 0. The molecule has 4 saturated heterocycles. The second-order valence-corrected chi connectivity index (χ2v) is 21.5. The first-order valence-corrected chi connectivity index (χ1v) is 28.1. The molecular formula is C32H52N2O40S5. The summed E-state index contributed by atoms with van der Waals surface area (Å²) in [5, 5.41) is 94.2. The normalized spacial score (nSPS) is 35.7. The highest BCUT2D eigenvalue weighted by molar-refractivity contribution is 7.83. The smallest absolute Gasteiger partial charge is 0.397 e. The lowest BCUT2D eigenvalue weighted by Crippen LogP contribution is -2.71. The van der Waals surface area contributed by atoms with Crippen molar-refractivity contribution < 1.29 is 185 Å². The summed E-state index contributed by atoms with van der Waals surface area (Å²) in [6.45, 7) is 1.27. The van der Waals surface area contributed by atoms with Crippen LogP contribution in [0.3, 0.4) is 0 Å². The molecule has 1 amide bonds. The first kappa shape index (κ1) is 69.7. The van der Waals surface area contributed by atoms with Crippen LogP contribution in [-0.4, -0.2) is 284 Å². The van der Waals surface area contributed by atoms with Crippen molar-refractivity contribution in [1.82, 2.24) is 10.0 Å². The quantitative estimate of drug-likeness (QED) is 0.0175. The average molecular weight is 1270 g/mol. The van der Waals surface area contributed by atoms with Gasteiger partial charge in [-0.3, -0.25) is 27.6 Å². The van der Waals surface area contributed by atoms with Crippen LogP contribution in [0.4, 0.5) is 0 Å². The molecule has 0 spiro atoms. The van der Waals surface area contributed by atoms with Gasteiger partial charge < -0.3 is 89.2 Å². The molecule has 0 aliphatic carbocycles. The van der Waals surface area contributed by atoms with Crippen LogP contribution < -0.4 is 10.0 Å². The molecule has 20 atom stereocenters. The van der Waals surface area contributed by atoms with Crippen LogP contribution in [0.5, 0.6) is 0 Å². The second kappa shape index (κ2) is 28.6. The van der Waals surface area contributed by atoms with E-state index in [1.165, 1.54) is 4.72 Å². The third-order valence-electron chi connectivity index (χ3n) is 10.4. The molecule has 4 aliphatic heterocycles. The van der Waals surface area contributed by atoms with Crippen LogP contribution in [0.15, 0.2) is 12.7 Å². The number of nitrogens with one attached hydrogen (secondary N) is 2. The number of amides is 1. The molecule has 47 heteroatoms. The number of esters is 1. The van der Waals surface area contributed by atoms with Crippen molar-refractivity contribution in [2.45, 2.75) is 136 Å². The number of hydrogen-bond donors (Lipinski definition) is 16. The topological polar surface area (TPSA) is 657 Å². The van der Waals surface area contributed by atoms with E-state index in [-0.39, 0.29) is 13.2 Å². The van der Waals surface area contributed by atoms with E-state index in [4.69, 9.17) is 42.8 Å². The zero-order chi connectivity index (χ0) is 60.5. The predicted molar refractivity (Wildman–Crippen MR) is 234 cm³/mol. The highest BCUT2D eigenvalue weighted by Gasteiger charge is 2.60. The molecule has 0 unspecified atom stereocenters. The fourth-order valence-electron chi connectivity index (χ4n) is 7.35. The van der Waals surface area contributed by atoms with E-state index < -0.39 is 212 Å². The largest absolute Gasteiger partial charge is 0.479 e. The minimum atomic E-state index is -6.09. The third-order valence-corrected chi connectivity index (χ3v) is 12.8. The van der Waals surface area contributed by atoms with E-state index in [9.17, 15) is 120 Å². The molecule has 0 aromatic carbocycles. The minimum absolute atomic E-state index is 0.0461. The van der Waals surface area contributed by atoms with Crippen LogP contribution >= 0.6 is 0 Å². The van der Waals surface area contributed by atoms with Gasteiger partial charge in [0.15, 0.2) is 49.6 Å². The summed E-state index contributed by atoms with van der Waals surface area (Å²) in [6.07, 6.45) is -47.5. The highest BCUT2D eigenvalue weighted by Crippen LogP contribution is 2.37. The molecule has 0 aromatic rings. The van der Waals surface area contributed by atoms with Crippen molar-refractivity contribution in [1.29, 1.82) is 0 Å². The number of aliphatic hydroxyl groups is 7. The lowest BCUT2D eigenvalue weighted by molar-refractivity contribution is -0.366. The Balaban J connectivity index is 0.00000167. The first-order chi connectivity index (χ1) is 36.1. The van der Waals surface area contributed by atoms with Gasteiger partial charge in [-0.1, -0.05) is 6.58 Å².